The van der Waals surface area contributed by atoms with Crippen LogP contribution in [0.25, 0.3) is 0 Å². The predicted octanol–water partition coefficient (Wildman–Crippen LogP) is 4.13. The van der Waals surface area contributed by atoms with Crippen LogP contribution in [-0.2, 0) is 4.79 Å². The minimum atomic E-state index is -0.104. The van der Waals surface area contributed by atoms with Crippen LogP contribution in [0, 0.1) is 0 Å². The average Bonchev–Trinajstić information content (AvgIpc) is 2.91. The minimum absolute atomic E-state index is 0.0594. The van der Waals surface area contributed by atoms with Gasteiger partial charge in [0, 0.05) is 36.3 Å². The van der Waals surface area contributed by atoms with Crippen molar-refractivity contribution >= 4 is 35.3 Å². The van der Waals surface area contributed by atoms with Crippen molar-refractivity contribution in [2.75, 3.05) is 19.6 Å². The molecule has 1 fully saturated rings. The molecule has 1 aliphatic rings. The molecular formula is C19H28ClN3O2S. The number of urea groups is 1. The van der Waals surface area contributed by atoms with E-state index in [1.54, 1.807) is 16.7 Å². The molecule has 0 radical (unpaired) electrons. The fourth-order valence-corrected chi connectivity index (χ4v) is 4.74. The summed E-state index contributed by atoms with van der Waals surface area (Å²) in [5.41, 5.74) is 0.957. The van der Waals surface area contributed by atoms with Crippen LogP contribution in [-0.4, -0.2) is 52.7 Å². The molecule has 7 heteroatoms. The zero-order valence-corrected chi connectivity index (χ0v) is 17.4. The zero-order valence-electron chi connectivity index (χ0n) is 15.9. The van der Waals surface area contributed by atoms with Crippen LogP contribution in [0.2, 0.25) is 5.02 Å². The third-order valence-corrected chi connectivity index (χ3v) is 6.34. The van der Waals surface area contributed by atoms with E-state index in [0.29, 0.717) is 24.7 Å². The van der Waals surface area contributed by atoms with Gasteiger partial charge in [0.2, 0.25) is 5.91 Å². The molecule has 1 saturated heterocycles. The summed E-state index contributed by atoms with van der Waals surface area (Å²) < 4.78 is 0. The maximum absolute atomic E-state index is 12.8. The summed E-state index contributed by atoms with van der Waals surface area (Å²) in [6.45, 7) is 9.44. The van der Waals surface area contributed by atoms with Crippen molar-refractivity contribution in [3.63, 3.8) is 0 Å². The van der Waals surface area contributed by atoms with Crippen LogP contribution in [0.3, 0.4) is 0 Å². The Morgan fingerprint density at radius 3 is 2.62 bits per heavy atom. The monoisotopic (exact) mass is 397 g/mol. The fraction of sp³-hybridized carbons (Fsp3) is 0.579. The van der Waals surface area contributed by atoms with Gasteiger partial charge >= 0.3 is 6.03 Å². The molecule has 3 amide bonds. The number of benzene rings is 1. The van der Waals surface area contributed by atoms with Crippen molar-refractivity contribution in [2.24, 2.45) is 0 Å². The Balaban J connectivity index is 2.14. The number of carbonyl (C=O) groups excluding carboxylic acids is 2. The van der Waals surface area contributed by atoms with Gasteiger partial charge < -0.3 is 15.1 Å². The van der Waals surface area contributed by atoms with Gasteiger partial charge in [-0.15, -0.1) is 11.8 Å². The maximum atomic E-state index is 12.8. The molecule has 0 unspecified atom stereocenters. The molecule has 2 atom stereocenters. The summed E-state index contributed by atoms with van der Waals surface area (Å²) in [5, 5.41) is 3.42. The highest BCUT2D eigenvalue weighted by atomic mass is 35.5. The molecule has 26 heavy (non-hydrogen) atoms. The van der Waals surface area contributed by atoms with E-state index in [0.717, 1.165) is 12.0 Å². The van der Waals surface area contributed by atoms with Crippen molar-refractivity contribution in [2.45, 2.75) is 50.8 Å². The summed E-state index contributed by atoms with van der Waals surface area (Å²) in [5.74, 6) is 0.128. The lowest BCUT2D eigenvalue weighted by atomic mass is 10.2. The standard InChI is InChI=1S/C19H28ClN3O2S/c1-5-16-17(24)23(12-11-22(6-2)19(25)21-13(3)4)18(26-16)14-9-7-8-10-15(14)20/h7-10,13,16,18H,5-6,11-12H2,1-4H3,(H,21,25)/t16-,18-/m1/s1. The Bertz CT molecular complexity index is 641. The van der Waals surface area contributed by atoms with Gasteiger partial charge in [-0.25, -0.2) is 4.79 Å². The van der Waals surface area contributed by atoms with Crippen LogP contribution >= 0.6 is 23.4 Å². The van der Waals surface area contributed by atoms with E-state index in [2.05, 4.69) is 5.32 Å². The second-order valence-corrected chi connectivity index (χ2v) is 8.32. The topological polar surface area (TPSA) is 52.6 Å². The quantitative estimate of drug-likeness (QED) is 0.752. The summed E-state index contributed by atoms with van der Waals surface area (Å²) in [4.78, 5) is 28.7. The molecule has 1 N–H and O–H groups in total. The van der Waals surface area contributed by atoms with Crippen molar-refractivity contribution in [3.05, 3.63) is 34.9 Å². The van der Waals surface area contributed by atoms with Crippen LogP contribution in [0.5, 0.6) is 0 Å². The largest absolute Gasteiger partial charge is 0.336 e. The van der Waals surface area contributed by atoms with E-state index >= 15 is 0 Å². The first kappa shape index (κ1) is 20.9. The number of hydrogen-bond donors (Lipinski definition) is 1. The molecule has 1 aromatic rings. The number of likely N-dealkylation sites (N-methyl/N-ethyl adjacent to an activating group) is 1. The predicted molar refractivity (Wildman–Crippen MR) is 108 cm³/mol. The minimum Gasteiger partial charge on any atom is -0.336 e. The number of hydrogen-bond acceptors (Lipinski definition) is 3. The van der Waals surface area contributed by atoms with E-state index in [9.17, 15) is 9.59 Å². The Morgan fingerprint density at radius 2 is 2.04 bits per heavy atom. The molecule has 0 aromatic heterocycles. The van der Waals surface area contributed by atoms with Crippen molar-refractivity contribution in [3.8, 4) is 0 Å². The highest BCUT2D eigenvalue weighted by Gasteiger charge is 2.40. The third kappa shape index (κ3) is 4.86. The van der Waals surface area contributed by atoms with Gasteiger partial charge in [-0.05, 0) is 33.3 Å². The van der Waals surface area contributed by atoms with E-state index in [4.69, 9.17) is 11.6 Å². The van der Waals surface area contributed by atoms with Crippen LogP contribution in [0.1, 0.15) is 45.1 Å². The van der Waals surface area contributed by atoms with E-state index < -0.39 is 0 Å². The molecule has 0 saturated carbocycles. The van der Waals surface area contributed by atoms with Crippen LogP contribution in [0.15, 0.2) is 24.3 Å². The first-order valence-electron chi connectivity index (χ1n) is 9.14. The summed E-state index contributed by atoms with van der Waals surface area (Å²) in [6.07, 6.45) is 0.784. The number of halogens is 1. The smallest absolute Gasteiger partial charge is 0.317 e. The van der Waals surface area contributed by atoms with Gasteiger partial charge in [0.25, 0.3) is 0 Å². The van der Waals surface area contributed by atoms with Gasteiger partial charge in [-0.3, -0.25) is 4.79 Å². The Morgan fingerprint density at radius 1 is 1.35 bits per heavy atom. The Kier molecular flexibility index (Phi) is 7.65. The van der Waals surface area contributed by atoms with Gasteiger partial charge in [0.1, 0.15) is 5.37 Å². The van der Waals surface area contributed by atoms with E-state index in [1.807, 2.05) is 56.9 Å². The average molecular weight is 398 g/mol. The summed E-state index contributed by atoms with van der Waals surface area (Å²) in [6, 6.07) is 7.65. The first-order valence-corrected chi connectivity index (χ1v) is 10.5. The van der Waals surface area contributed by atoms with E-state index in [-0.39, 0.29) is 28.6 Å². The SMILES string of the molecule is CC[C@H]1S[C@H](c2ccccc2Cl)N(CCN(CC)C(=O)NC(C)C)C1=O. The lowest BCUT2D eigenvalue weighted by Crippen LogP contribution is -2.46. The Labute approximate surface area is 165 Å². The maximum Gasteiger partial charge on any atom is 0.317 e. The van der Waals surface area contributed by atoms with Crippen LogP contribution in [0.4, 0.5) is 4.79 Å². The van der Waals surface area contributed by atoms with Crippen molar-refractivity contribution in [1.82, 2.24) is 15.1 Å². The lowest BCUT2D eigenvalue weighted by molar-refractivity contribution is -0.130. The number of nitrogens with zero attached hydrogens (tertiary/aromatic N) is 2. The molecule has 5 nitrogen and oxygen atoms in total. The molecule has 1 aliphatic heterocycles. The van der Waals surface area contributed by atoms with Gasteiger partial charge in [-0.1, -0.05) is 36.7 Å². The fourth-order valence-electron chi connectivity index (χ4n) is 2.97. The third-order valence-electron chi connectivity index (χ3n) is 4.37. The van der Waals surface area contributed by atoms with Crippen molar-refractivity contribution < 1.29 is 9.59 Å². The second kappa shape index (κ2) is 9.51. The molecular weight excluding hydrogens is 370 g/mol. The van der Waals surface area contributed by atoms with Gasteiger partial charge in [-0.2, -0.15) is 0 Å². The van der Waals surface area contributed by atoms with E-state index in [1.165, 1.54) is 0 Å². The Hall–Kier alpha value is -1.40. The number of nitrogens with one attached hydrogen (secondary N) is 1. The molecule has 1 heterocycles. The number of carbonyl (C=O) groups is 2. The van der Waals surface area contributed by atoms with Crippen molar-refractivity contribution in [1.29, 1.82) is 0 Å². The van der Waals surface area contributed by atoms with Crippen LogP contribution < -0.4 is 5.32 Å². The number of thioether (sulfide) groups is 1. The molecule has 0 spiro atoms. The highest BCUT2D eigenvalue weighted by molar-refractivity contribution is 8.01. The zero-order chi connectivity index (χ0) is 19.3. The molecule has 2 rings (SSSR count). The summed E-state index contributed by atoms with van der Waals surface area (Å²) in [7, 11) is 0. The highest BCUT2D eigenvalue weighted by Crippen LogP contribution is 2.45. The van der Waals surface area contributed by atoms with Gasteiger partial charge in [0.15, 0.2) is 0 Å². The first-order chi connectivity index (χ1) is 12.4. The molecule has 144 valence electrons. The second-order valence-electron chi connectivity index (χ2n) is 6.62. The molecule has 1 aromatic carbocycles. The molecule has 0 aliphatic carbocycles. The number of rotatable bonds is 7. The van der Waals surface area contributed by atoms with Gasteiger partial charge in [0.05, 0.1) is 5.25 Å². The molecule has 0 bridgehead atoms. The summed E-state index contributed by atoms with van der Waals surface area (Å²) >= 11 is 8.03. The normalized spacial score (nSPS) is 19.9. The lowest BCUT2D eigenvalue weighted by Gasteiger charge is -2.29. The number of amides is 3.